The van der Waals surface area contributed by atoms with Gasteiger partial charge in [0.25, 0.3) is 5.72 Å². The molecule has 0 unspecified atom stereocenters. The monoisotopic (exact) mass is 509 g/mol. The molecule has 1 aromatic carbocycles. The first kappa shape index (κ1) is 30.9. The fourth-order valence-corrected chi connectivity index (χ4v) is 2.83. The molecule has 36 heavy (non-hydrogen) atoms. The van der Waals surface area contributed by atoms with Crippen molar-refractivity contribution in [2.24, 2.45) is 10.8 Å². The van der Waals surface area contributed by atoms with E-state index in [1.54, 1.807) is 41.5 Å². The summed E-state index contributed by atoms with van der Waals surface area (Å²) in [6.07, 6.45) is -0.508. The van der Waals surface area contributed by atoms with Crippen molar-refractivity contribution in [2.45, 2.75) is 86.4 Å². The Balaban J connectivity index is 3.56. The maximum absolute atomic E-state index is 12.8. The zero-order valence-electron chi connectivity index (χ0n) is 22.6. The number of rotatable bonds is 12. The second-order valence-electron chi connectivity index (χ2n) is 10.2. The second kappa shape index (κ2) is 12.2. The van der Waals surface area contributed by atoms with Crippen molar-refractivity contribution in [2.75, 3.05) is 7.11 Å². The van der Waals surface area contributed by atoms with Gasteiger partial charge in [-0.15, -0.1) is 0 Å². The van der Waals surface area contributed by atoms with Gasteiger partial charge >= 0.3 is 24.1 Å². The molecule has 0 heterocycles. The molecule has 0 aliphatic carbocycles. The van der Waals surface area contributed by atoms with Crippen LogP contribution in [0.3, 0.4) is 0 Å². The molecular weight excluding hydrogens is 470 g/mol. The van der Waals surface area contributed by atoms with Gasteiger partial charge in [0, 0.05) is 12.5 Å². The molecule has 1 aromatic rings. The van der Waals surface area contributed by atoms with E-state index in [4.69, 9.17) is 14.2 Å². The number of ether oxygens (including phenoxy) is 4. The van der Waals surface area contributed by atoms with Gasteiger partial charge in [-0.1, -0.05) is 19.9 Å². The van der Waals surface area contributed by atoms with Crippen molar-refractivity contribution < 1.29 is 43.2 Å². The van der Waals surface area contributed by atoms with Crippen molar-refractivity contribution in [1.29, 1.82) is 0 Å². The third kappa shape index (κ3) is 7.94. The fraction of sp³-hybridized carbons (Fsp3) is 0.615. The normalized spacial score (nSPS) is 13.5. The van der Waals surface area contributed by atoms with E-state index in [9.17, 15) is 24.3 Å². The molecule has 0 aliphatic heterocycles. The van der Waals surface area contributed by atoms with Gasteiger partial charge in [0.2, 0.25) is 0 Å². The lowest BCUT2D eigenvalue weighted by Crippen LogP contribution is -2.59. The Kier molecular flexibility index (Phi) is 10.5. The molecule has 0 amide bonds. The van der Waals surface area contributed by atoms with Crippen LogP contribution in [0.25, 0.3) is 0 Å². The number of methoxy groups -OCH3 is 1. The molecule has 2 N–H and O–H groups in total. The lowest BCUT2D eigenvalue weighted by molar-refractivity contribution is -0.166. The predicted octanol–water partition coefficient (Wildman–Crippen LogP) is 4.47. The highest BCUT2D eigenvalue weighted by Crippen LogP contribution is 2.35. The van der Waals surface area contributed by atoms with Crippen LogP contribution >= 0.6 is 0 Å². The topological polar surface area (TPSA) is 137 Å². The highest BCUT2D eigenvalue weighted by molar-refractivity contribution is 5.82. The molecule has 1 rings (SSSR count). The second-order valence-corrected chi connectivity index (χ2v) is 10.2. The van der Waals surface area contributed by atoms with E-state index >= 15 is 0 Å². The maximum Gasteiger partial charge on any atom is 0.510 e. The van der Waals surface area contributed by atoms with Crippen LogP contribution in [0.1, 0.15) is 73.8 Å². The van der Waals surface area contributed by atoms with Crippen LogP contribution in [0.5, 0.6) is 11.5 Å². The molecule has 0 bridgehead atoms. The largest absolute Gasteiger partial charge is 0.510 e. The molecule has 0 aromatic heterocycles. The molecule has 0 radical (unpaired) electrons. The Morgan fingerprint density at radius 1 is 0.917 bits per heavy atom. The fourth-order valence-electron chi connectivity index (χ4n) is 2.83. The van der Waals surface area contributed by atoms with Crippen LogP contribution in [-0.2, 0) is 30.3 Å². The number of carbonyl (C=O) groups excluding carboxylic acids is 3. The number of carbonyl (C=O) groups is 4. The quantitative estimate of drug-likeness (QED) is 0.236. The lowest BCUT2D eigenvalue weighted by atomic mass is 9.90. The van der Waals surface area contributed by atoms with Crippen molar-refractivity contribution in [3.63, 3.8) is 0 Å². The maximum atomic E-state index is 12.8. The summed E-state index contributed by atoms with van der Waals surface area (Å²) in [7, 11) is 1.07. The first-order valence-electron chi connectivity index (χ1n) is 11.9. The minimum Gasteiger partial charge on any atom is -0.477 e. The summed E-state index contributed by atoms with van der Waals surface area (Å²) in [4.78, 5) is 49.7. The molecule has 0 saturated carbocycles. The number of carboxylic acid groups (broad SMARTS) is 1. The number of aliphatic carboxylic acids is 1. The van der Waals surface area contributed by atoms with E-state index in [0.717, 1.165) is 7.11 Å². The highest BCUT2D eigenvalue weighted by Gasteiger charge is 2.44. The van der Waals surface area contributed by atoms with Crippen LogP contribution in [0.15, 0.2) is 18.2 Å². The summed E-state index contributed by atoms with van der Waals surface area (Å²) in [5.74, 6) is -2.56. The molecule has 10 nitrogen and oxygen atoms in total. The molecule has 0 fully saturated rings. The SMILES string of the molecule is CCC(C)(C)C(=O)Oc1ccc(C[C@](NC(C)C)(OC(=O)OC)C(=O)O)cc1OC(=O)C(C)(C)CC. The first-order valence-corrected chi connectivity index (χ1v) is 11.9. The summed E-state index contributed by atoms with van der Waals surface area (Å²) >= 11 is 0. The number of carboxylic acids is 1. The Hall–Kier alpha value is -3.14. The molecule has 1 atom stereocenters. The van der Waals surface area contributed by atoms with Crippen LogP contribution in [0.2, 0.25) is 0 Å². The average Bonchev–Trinajstić information content (AvgIpc) is 2.79. The summed E-state index contributed by atoms with van der Waals surface area (Å²) in [5, 5.41) is 12.7. The number of hydrogen-bond donors (Lipinski definition) is 2. The van der Waals surface area contributed by atoms with E-state index in [0.29, 0.717) is 18.4 Å². The van der Waals surface area contributed by atoms with Gasteiger partial charge in [-0.3, -0.25) is 14.9 Å². The summed E-state index contributed by atoms with van der Waals surface area (Å²) in [6.45, 7) is 14.0. The van der Waals surface area contributed by atoms with Gasteiger partial charge in [0.1, 0.15) is 0 Å². The third-order valence-corrected chi connectivity index (χ3v) is 6.03. The minimum absolute atomic E-state index is 0.0113. The molecule has 0 saturated heterocycles. The number of nitrogens with one attached hydrogen (secondary N) is 1. The Bertz CT molecular complexity index is 968. The molecule has 202 valence electrons. The Morgan fingerprint density at radius 2 is 1.42 bits per heavy atom. The summed E-state index contributed by atoms with van der Waals surface area (Å²) in [6, 6.07) is 3.93. The molecule has 10 heteroatoms. The summed E-state index contributed by atoms with van der Waals surface area (Å²) < 4.78 is 20.9. The van der Waals surface area contributed by atoms with Gasteiger partial charge in [0.15, 0.2) is 11.5 Å². The van der Waals surface area contributed by atoms with Gasteiger partial charge in [-0.2, -0.15) is 0 Å². The van der Waals surface area contributed by atoms with E-state index in [2.05, 4.69) is 10.1 Å². The smallest absolute Gasteiger partial charge is 0.477 e. The van der Waals surface area contributed by atoms with E-state index in [1.165, 1.54) is 18.2 Å². The zero-order chi connectivity index (χ0) is 27.9. The van der Waals surface area contributed by atoms with Gasteiger partial charge in [0.05, 0.1) is 17.9 Å². The average molecular weight is 510 g/mol. The van der Waals surface area contributed by atoms with Gasteiger partial charge < -0.3 is 24.1 Å². The van der Waals surface area contributed by atoms with E-state index in [1.807, 2.05) is 13.8 Å². The predicted molar refractivity (Wildman–Crippen MR) is 132 cm³/mol. The minimum atomic E-state index is -2.17. The zero-order valence-corrected chi connectivity index (χ0v) is 22.6. The molecular formula is C26H39NO9. The molecule has 0 aliphatic rings. The van der Waals surface area contributed by atoms with Gasteiger partial charge in [-0.05, 0) is 72.1 Å². The third-order valence-electron chi connectivity index (χ3n) is 6.03. The standard InChI is InChI=1S/C26H39NO9/c1-10-24(5,6)21(30)34-18-13-12-17(14-19(18)35-22(31)25(7,8)11-2)15-26(20(28)29,27-16(3)4)36-23(32)33-9/h12-14,16,27H,10-11,15H2,1-9H3,(H,28,29)/t26-/m0/s1. The number of hydrogen-bond acceptors (Lipinski definition) is 9. The van der Waals surface area contributed by atoms with Gasteiger partial charge in [-0.25, -0.2) is 9.59 Å². The van der Waals surface area contributed by atoms with E-state index in [-0.39, 0.29) is 24.0 Å². The lowest BCUT2D eigenvalue weighted by Gasteiger charge is -2.31. The van der Waals surface area contributed by atoms with Crippen molar-refractivity contribution in [3.05, 3.63) is 23.8 Å². The van der Waals surface area contributed by atoms with E-state index < -0.39 is 40.6 Å². The van der Waals surface area contributed by atoms with Crippen LogP contribution in [0, 0.1) is 10.8 Å². The van der Waals surface area contributed by atoms with Crippen LogP contribution in [0.4, 0.5) is 4.79 Å². The highest BCUT2D eigenvalue weighted by atomic mass is 16.7. The van der Waals surface area contributed by atoms with Crippen LogP contribution in [-0.4, -0.2) is 48.0 Å². The number of esters is 2. The van der Waals surface area contributed by atoms with Crippen molar-refractivity contribution >= 4 is 24.1 Å². The van der Waals surface area contributed by atoms with Crippen molar-refractivity contribution in [1.82, 2.24) is 5.32 Å². The Morgan fingerprint density at radius 3 is 1.83 bits per heavy atom. The number of benzene rings is 1. The summed E-state index contributed by atoms with van der Waals surface area (Å²) in [5.41, 5.74) is -3.44. The first-order chi connectivity index (χ1) is 16.5. The van der Waals surface area contributed by atoms with Crippen molar-refractivity contribution in [3.8, 4) is 11.5 Å². The Labute approximate surface area is 212 Å². The molecule has 0 spiro atoms. The van der Waals surface area contributed by atoms with Crippen LogP contribution < -0.4 is 14.8 Å².